The molecule has 102 valence electrons. The molecule has 0 saturated heterocycles. The highest BCUT2D eigenvalue weighted by Gasteiger charge is 1.99. The van der Waals surface area contributed by atoms with Crippen molar-refractivity contribution < 1.29 is 0 Å². The van der Waals surface area contributed by atoms with E-state index in [-0.39, 0.29) is 24.0 Å². The molecule has 1 aromatic heterocycles. The molecule has 18 heavy (non-hydrogen) atoms. The molecule has 0 aromatic carbocycles. The van der Waals surface area contributed by atoms with Crippen molar-refractivity contribution in [1.82, 2.24) is 15.6 Å². The van der Waals surface area contributed by atoms with Gasteiger partial charge in [-0.05, 0) is 38.8 Å². The highest BCUT2D eigenvalue weighted by molar-refractivity contribution is 14.0. The maximum Gasteiger partial charge on any atom is 0.191 e. The van der Waals surface area contributed by atoms with Gasteiger partial charge in [0.15, 0.2) is 5.96 Å². The molecule has 5 heteroatoms. The topological polar surface area (TPSA) is 49.3 Å². The first-order valence-electron chi connectivity index (χ1n) is 6.00. The average molecular weight is 362 g/mol. The lowest BCUT2D eigenvalue weighted by Gasteiger charge is -2.14. The van der Waals surface area contributed by atoms with Gasteiger partial charge in [-0.1, -0.05) is 6.07 Å². The third-order valence-electron chi connectivity index (χ3n) is 2.33. The van der Waals surface area contributed by atoms with Crippen molar-refractivity contribution in [3.8, 4) is 0 Å². The number of hydrogen-bond acceptors (Lipinski definition) is 2. The van der Waals surface area contributed by atoms with Gasteiger partial charge in [0.05, 0.1) is 0 Å². The van der Waals surface area contributed by atoms with E-state index in [1.54, 1.807) is 7.05 Å². The molecular formula is C13H23IN4. The van der Waals surface area contributed by atoms with E-state index in [1.807, 2.05) is 19.2 Å². The number of aryl methyl sites for hydroxylation is 1. The summed E-state index contributed by atoms with van der Waals surface area (Å²) in [7, 11) is 1.78. The summed E-state index contributed by atoms with van der Waals surface area (Å²) in [6, 6.07) is 4.54. The van der Waals surface area contributed by atoms with Crippen LogP contribution in [-0.4, -0.2) is 30.6 Å². The van der Waals surface area contributed by atoms with E-state index in [0.29, 0.717) is 6.04 Å². The Morgan fingerprint density at radius 1 is 1.39 bits per heavy atom. The van der Waals surface area contributed by atoms with Gasteiger partial charge in [0.1, 0.15) is 0 Å². The lowest BCUT2D eigenvalue weighted by Crippen LogP contribution is -2.41. The standard InChI is InChI=1S/C13H22N4.HI/c1-10(2)17-13(14-4)15-8-7-12-6-5-11(3)16-9-12;/h5-6,9-10H,7-8H2,1-4H3,(H2,14,15,17);1H. The minimum absolute atomic E-state index is 0. The zero-order chi connectivity index (χ0) is 12.7. The minimum atomic E-state index is 0. The number of guanidine groups is 1. The van der Waals surface area contributed by atoms with Crippen LogP contribution in [0.1, 0.15) is 25.1 Å². The Hall–Kier alpha value is -0.850. The Morgan fingerprint density at radius 3 is 2.61 bits per heavy atom. The molecule has 0 amide bonds. The molecule has 2 N–H and O–H groups in total. The van der Waals surface area contributed by atoms with Crippen LogP contribution in [-0.2, 0) is 6.42 Å². The van der Waals surface area contributed by atoms with Crippen LogP contribution in [0.2, 0.25) is 0 Å². The molecule has 0 aliphatic heterocycles. The number of aliphatic imine (C=N–C) groups is 1. The van der Waals surface area contributed by atoms with Crippen LogP contribution >= 0.6 is 24.0 Å². The quantitative estimate of drug-likeness (QED) is 0.490. The van der Waals surface area contributed by atoms with Gasteiger partial charge in [-0.2, -0.15) is 0 Å². The molecule has 1 rings (SSSR count). The van der Waals surface area contributed by atoms with E-state index in [4.69, 9.17) is 0 Å². The summed E-state index contributed by atoms with van der Waals surface area (Å²) in [5.41, 5.74) is 2.29. The van der Waals surface area contributed by atoms with E-state index in [2.05, 4.69) is 40.5 Å². The van der Waals surface area contributed by atoms with Crippen molar-refractivity contribution in [2.75, 3.05) is 13.6 Å². The van der Waals surface area contributed by atoms with E-state index in [9.17, 15) is 0 Å². The van der Waals surface area contributed by atoms with Gasteiger partial charge in [0.25, 0.3) is 0 Å². The molecule has 0 aliphatic rings. The van der Waals surface area contributed by atoms with Crippen molar-refractivity contribution in [3.05, 3.63) is 29.6 Å². The first kappa shape index (κ1) is 17.2. The largest absolute Gasteiger partial charge is 0.356 e. The highest BCUT2D eigenvalue weighted by Crippen LogP contribution is 1.99. The van der Waals surface area contributed by atoms with E-state index >= 15 is 0 Å². The van der Waals surface area contributed by atoms with Crippen molar-refractivity contribution >= 4 is 29.9 Å². The Kier molecular flexibility index (Phi) is 8.70. The maximum absolute atomic E-state index is 4.27. The summed E-state index contributed by atoms with van der Waals surface area (Å²) in [5.74, 6) is 0.847. The zero-order valence-electron chi connectivity index (χ0n) is 11.5. The SMILES string of the molecule is CN=C(NCCc1ccc(C)nc1)NC(C)C.I. The van der Waals surface area contributed by atoms with Gasteiger partial charge in [-0.15, -0.1) is 24.0 Å². The predicted molar refractivity (Wildman–Crippen MR) is 87.7 cm³/mol. The molecule has 0 radical (unpaired) electrons. The summed E-state index contributed by atoms with van der Waals surface area (Å²) < 4.78 is 0. The number of aromatic nitrogens is 1. The van der Waals surface area contributed by atoms with Crippen LogP contribution < -0.4 is 10.6 Å². The van der Waals surface area contributed by atoms with Crippen molar-refractivity contribution in [3.63, 3.8) is 0 Å². The summed E-state index contributed by atoms with van der Waals surface area (Å²) in [6.07, 6.45) is 2.88. The number of nitrogens with zero attached hydrogens (tertiary/aromatic N) is 2. The van der Waals surface area contributed by atoms with Crippen molar-refractivity contribution in [2.45, 2.75) is 33.2 Å². The molecular weight excluding hydrogens is 339 g/mol. The third-order valence-corrected chi connectivity index (χ3v) is 2.33. The van der Waals surface area contributed by atoms with Crippen LogP contribution in [0.25, 0.3) is 0 Å². The van der Waals surface area contributed by atoms with Crippen LogP contribution in [0, 0.1) is 6.92 Å². The second-order valence-electron chi connectivity index (χ2n) is 4.36. The molecule has 0 bridgehead atoms. The fourth-order valence-electron chi connectivity index (χ4n) is 1.44. The van der Waals surface area contributed by atoms with Gasteiger partial charge < -0.3 is 10.6 Å². The van der Waals surface area contributed by atoms with E-state index in [1.165, 1.54) is 5.56 Å². The van der Waals surface area contributed by atoms with Gasteiger partial charge >= 0.3 is 0 Å². The molecule has 0 spiro atoms. The minimum Gasteiger partial charge on any atom is -0.356 e. The number of hydrogen-bond donors (Lipinski definition) is 2. The molecule has 0 unspecified atom stereocenters. The predicted octanol–water partition coefficient (Wildman–Crippen LogP) is 2.12. The first-order valence-corrected chi connectivity index (χ1v) is 6.00. The van der Waals surface area contributed by atoms with Crippen molar-refractivity contribution in [2.24, 2.45) is 4.99 Å². The van der Waals surface area contributed by atoms with Crippen molar-refractivity contribution in [1.29, 1.82) is 0 Å². The lowest BCUT2D eigenvalue weighted by atomic mass is 10.2. The zero-order valence-corrected chi connectivity index (χ0v) is 13.9. The molecule has 1 heterocycles. The second-order valence-corrected chi connectivity index (χ2v) is 4.36. The number of nitrogens with one attached hydrogen (secondary N) is 2. The Bertz CT molecular complexity index is 360. The number of pyridine rings is 1. The Balaban J connectivity index is 0.00000289. The fourth-order valence-corrected chi connectivity index (χ4v) is 1.44. The molecule has 0 aliphatic carbocycles. The van der Waals surface area contributed by atoms with Gasteiger partial charge in [0.2, 0.25) is 0 Å². The van der Waals surface area contributed by atoms with Gasteiger partial charge in [-0.25, -0.2) is 0 Å². The monoisotopic (exact) mass is 362 g/mol. The smallest absolute Gasteiger partial charge is 0.191 e. The maximum atomic E-state index is 4.27. The normalized spacial score (nSPS) is 11.1. The van der Waals surface area contributed by atoms with Crippen LogP contribution in [0.3, 0.4) is 0 Å². The molecule has 1 aromatic rings. The molecule has 0 saturated carbocycles. The van der Waals surface area contributed by atoms with E-state index < -0.39 is 0 Å². The number of halogens is 1. The average Bonchev–Trinajstić information content (AvgIpc) is 2.30. The molecule has 4 nitrogen and oxygen atoms in total. The molecule has 0 fully saturated rings. The van der Waals surface area contributed by atoms with Crippen LogP contribution in [0.15, 0.2) is 23.3 Å². The van der Waals surface area contributed by atoms with Gasteiger partial charge in [-0.3, -0.25) is 9.98 Å². The van der Waals surface area contributed by atoms with Crippen LogP contribution in [0.4, 0.5) is 0 Å². The Morgan fingerprint density at radius 2 is 2.11 bits per heavy atom. The number of rotatable bonds is 4. The van der Waals surface area contributed by atoms with Crippen LogP contribution in [0.5, 0.6) is 0 Å². The fraction of sp³-hybridized carbons (Fsp3) is 0.538. The summed E-state index contributed by atoms with van der Waals surface area (Å²) in [4.78, 5) is 8.42. The summed E-state index contributed by atoms with van der Waals surface area (Å²) >= 11 is 0. The second kappa shape index (κ2) is 9.13. The summed E-state index contributed by atoms with van der Waals surface area (Å²) in [6.45, 7) is 7.04. The third kappa shape index (κ3) is 6.78. The Labute approximate surface area is 127 Å². The van der Waals surface area contributed by atoms with E-state index in [0.717, 1.165) is 24.6 Å². The van der Waals surface area contributed by atoms with Gasteiger partial charge in [0, 0.05) is 31.5 Å². The first-order chi connectivity index (χ1) is 8.11. The molecule has 0 atom stereocenters. The highest BCUT2D eigenvalue weighted by atomic mass is 127. The lowest BCUT2D eigenvalue weighted by molar-refractivity contribution is 0.697. The summed E-state index contributed by atoms with van der Waals surface area (Å²) in [5, 5.41) is 6.52.